The molecule has 6 heteroatoms. The first-order valence-electron chi connectivity index (χ1n) is 23.8. The van der Waals surface area contributed by atoms with Crippen molar-refractivity contribution in [3.05, 3.63) is 221 Å². The molecular formula is C64H48N6. The molecule has 0 fully saturated rings. The fraction of sp³-hybridized carbons (Fsp3) is 0.0938. The van der Waals surface area contributed by atoms with Crippen molar-refractivity contribution in [2.75, 3.05) is 0 Å². The highest BCUT2D eigenvalue weighted by Crippen LogP contribution is 2.43. The van der Waals surface area contributed by atoms with Crippen molar-refractivity contribution < 1.29 is 0 Å². The first kappa shape index (κ1) is 42.4. The van der Waals surface area contributed by atoms with Crippen molar-refractivity contribution >= 4 is 43.6 Å². The van der Waals surface area contributed by atoms with Crippen LogP contribution in [0.1, 0.15) is 39.5 Å². The van der Waals surface area contributed by atoms with Gasteiger partial charge in [0.25, 0.3) is 0 Å². The smallest absolute Gasteiger partial charge is 0.165 e. The lowest BCUT2D eigenvalue weighted by Crippen LogP contribution is -2.07. The van der Waals surface area contributed by atoms with Crippen LogP contribution in [-0.2, 0) is 0 Å². The van der Waals surface area contributed by atoms with Gasteiger partial charge in [-0.15, -0.1) is 0 Å². The first-order chi connectivity index (χ1) is 34.1. The molecule has 0 unspecified atom stereocenters. The van der Waals surface area contributed by atoms with Gasteiger partial charge >= 0.3 is 0 Å². The maximum absolute atomic E-state index is 11.6. The van der Waals surface area contributed by atoms with Gasteiger partial charge in [0.2, 0.25) is 0 Å². The summed E-state index contributed by atoms with van der Waals surface area (Å²) in [7, 11) is 0. The Morgan fingerprint density at radius 1 is 0.329 bits per heavy atom. The molecule has 0 aliphatic rings. The van der Waals surface area contributed by atoms with Gasteiger partial charge in [-0.05, 0) is 122 Å². The summed E-state index contributed by atoms with van der Waals surface area (Å²) in [5.74, 6) is 1.77. The molecule has 12 rings (SSSR count). The van der Waals surface area contributed by atoms with Gasteiger partial charge in [0, 0.05) is 27.1 Å². The van der Waals surface area contributed by atoms with Crippen molar-refractivity contribution in [2.45, 2.75) is 41.5 Å². The Bertz CT molecular complexity index is 3870. The van der Waals surface area contributed by atoms with E-state index in [0.29, 0.717) is 23.0 Å². The maximum atomic E-state index is 11.6. The average Bonchev–Trinajstić information content (AvgIpc) is 3.87. The fourth-order valence-corrected chi connectivity index (χ4v) is 10.2. The largest absolute Gasteiger partial charge is 0.308 e. The third kappa shape index (κ3) is 7.31. The monoisotopic (exact) mass is 900 g/mol. The third-order valence-corrected chi connectivity index (χ3v) is 13.9. The lowest BCUT2D eigenvalue weighted by atomic mass is 10.0. The zero-order chi connectivity index (χ0) is 47.8. The van der Waals surface area contributed by atoms with Crippen LogP contribution in [0.5, 0.6) is 0 Å². The first-order valence-corrected chi connectivity index (χ1v) is 23.8. The molecule has 0 aliphatic carbocycles. The zero-order valence-corrected chi connectivity index (χ0v) is 40.0. The second-order valence-electron chi connectivity index (χ2n) is 18.8. The van der Waals surface area contributed by atoms with E-state index in [2.05, 4.69) is 230 Å². The molecular weight excluding hydrogens is 853 g/mol. The van der Waals surface area contributed by atoms with Gasteiger partial charge in [0.1, 0.15) is 17.7 Å². The molecule has 0 saturated carbocycles. The van der Waals surface area contributed by atoms with Crippen LogP contribution in [0.25, 0.3) is 111 Å². The van der Waals surface area contributed by atoms with E-state index in [1.807, 2.05) is 13.8 Å². The van der Waals surface area contributed by atoms with Crippen molar-refractivity contribution in [3.8, 4) is 73.3 Å². The Kier molecular flexibility index (Phi) is 10.1. The van der Waals surface area contributed by atoms with Gasteiger partial charge in [0.05, 0.1) is 39.0 Å². The summed E-state index contributed by atoms with van der Waals surface area (Å²) in [6.45, 7) is 12.3. The summed E-state index contributed by atoms with van der Waals surface area (Å²) in [6, 6.07) is 68.5. The number of hydrogen-bond acceptors (Lipinski definition) is 4. The number of benzene rings is 9. The standard InChI is InChI=1S/C64H48N6/c1-38-7-15-44(16-8-38)48-23-27-53-54-28-24-49(45-17-9-39(2)10-18-45)32-60(54)69(59(53)31-48)58-36-57(64-67-42(5)66-43(6)68-64)63(35-52(58)37-65)70-61-33-50(46-19-11-40(3)12-20-46)25-29-55(61)56-30-26-51(34-62(56)70)47-21-13-41(4)14-22-47/h7-36H,1-6H3. The summed E-state index contributed by atoms with van der Waals surface area (Å²) in [6.07, 6.45) is 0. The molecule has 0 aliphatic heterocycles. The minimum absolute atomic E-state index is 0.515. The normalized spacial score (nSPS) is 11.6. The molecule has 70 heavy (non-hydrogen) atoms. The summed E-state index contributed by atoms with van der Waals surface area (Å²) < 4.78 is 4.61. The molecule has 0 bridgehead atoms. The third-order valence-electron chi connectivity index (χ3n) is 13.9. The van der Waals surface area contributed by atoms with Gasteiger partial charge in [-0.2, -0.15) is 5.26 Å². The predicted molar refractivity (Wildman–Crippen MR) is 289 cm³/mol. The fourth-order valence-electron chi connectivity index (χ4n) is 10.2. The molecule has 9 aromatic carbocycles. The van der Waals surface area contributed by atoms with Crippen LogP contribution in [0.3, 0.4) is 0 Å². The molecule has 334 valence electrons. The lowest BCUT2D eigenvalue weighted by molar-refractivity contribution is 0.926. The number of aromatic nitrogens is 5. The van der Waals surface area contributed by atoms with Gasteiger partial charge in [-0.1, -0.05) is 168 Å². The molecule has 3 aromatic heterocycles. The van der Waals surface area contributed by atoms with E-state index in [1.54, 1.807) is 0 Å². The highest BCUT2D eigenvalue weighted by molar-refractivity contribution is 6.13. The Hall–Kier alpha value is -8.92. The number of nitriles is 1. The van der Waals surface area contributed by atoms with Crippen LogP contribution in [0, 0.1) is 52.9 Å². The Morgan fingerprint density at radius 2 is 0.629 bits per heavy atom. The topological polar surface area (TPSA) is 72.3 Å². The van der Waals surface area contributed by atoms with Crippen LogP contribution in [-0.4, -0.2) is 24.1 Å². The summed E-state index contributed by atoms with van der Waals surface area (Å²) >= 11 is 0. The SMILES string of the molecule is Cc1ccc(-c2ccc3c4ccc(-c5ccc(C)cc5)cc4n(-c4cc(-c5nc(C)nc(C)n5)c(-n5c6cc(-c7ccc(C)cc7)ccc6c6ccc(-c7ccc(C)cc7)cc65)cc4C#N)c3c2)cc1. The lowest BCUT2D eigenvalue weighted by Gasteiger charge is -2.19. The zero-order valence-electron chi connectivity index (χ0n) is 40.0. The number of nitrogens with zero attached hydrogens (tertiary/aromatic N) is 6. The molecule has 3 heterocycles. The molecule has 12 aromatic rings. The van der Waals surface area contributed by atoms with Gasteiger partial charge in [-0.25, -0.2) is 15.0 Å². The minimum atomic E-state index is 0.515. The predicted octanol–water partition coefficient (Wildman–Crippen LogP) is 16.1. The molecule has 0 spiro atoms. The number of hydrogen-bond donors (Lipinski definition) is 0. The second-order valence-corrected chi connectivity index (χ2v) is 18.8. The molecule has 0 radical (unpaired) electrons. The molecule has 0 amide bonds. The summed E-state index contributed by atoms with van der Waals surface area (Å²) in [5, 5.41) is 16.0. The van der Waals surface area contributed by atoms with Crippen molar-refractivity contribution in [3.63, 3.8) is 0 Å². The second kappa shape index (κ2) is 16.7. The Morgan fingerprint density at radius 3 is 0.943 bits per heavy atom. The van der Waals surface area contributed by atoms with Gasteiger partial charge in [-0.3, -0.25) is 0 Å². The highest BCUT2D eigenvalue weighted by atomic mass is 15.1. The highest BCUT2D eigenvalue weighted by Gasteiger charge is 2.25. The number of aryl methyl sites for hydroxylation is 6. The number of fused-ring (bicyclic) bond motifs is 6. The van der Waals surface area contributed by atoms with Crippen molar-refractivity contribution in [1.82, 2.24) is 24.1 Å². The van der Waals surface area contributed by atoms with Crippen LogP contribution >= 0.6 is 0 Å². The van der Waals surface area contributed by atoms with Gasteiger partial charge < -0.3 is 9.13 Å². The van der Waals surface area contributed by atoms with E-state index in [0.717, 1.165) is 105 Å². The minimum Gasteiger partial charge on any atom is -0.308 e. The van der Waals surface area contributed by atoms with E-state index in [1.165, 1.54) is 22.3 Å². The van der Waals surface area contributed by atoms with E-state index in [-0.39, 0.29) is 0 Å². The summed E-state index contributed by atoms with van der Waals surface area (Å²) in [4.78, 5) is 14.8. The van der Waals surface area contributed by atoms with Gasteiger partial charge in [0.15, 0.2) is 5.82 Å². The van der Waals surface area contributed by atoms with Crippen LogP contribution < -0.4 is 0 Å². The summed E-state index contributed by atoms with van der Waals surface area (Å²) in [5.41, 5.74) is 20.6. The van der Waals surface area contributed by atoms with Crippen molar-refractivity contribution in [1.29, 1.82) is 5.26 Å². The molecule has 6 nitrogen and oxygen atoms in total. The molecule has 0 saturated heterocycles. The quantitative estimate of drug-likeness (QED) is 0.160. The van der Waals surface area contributed by atoms with E-state index >= 15 is 0 Å². The van der Waals surface area contributed by atoms with Crippen LogP contribution in [0.15, 0.2) is 182 Å². The maximum Gasteiger partial charge on any atom is 0.165 e. The van der Waals surface area contributed by atoms with E-state index in [9.17, 15) is 5.26 Å². The van der Waals surface area contributed by atoms with Crippen LogP contribution in [0.2, 0.25) is 0 Å². The average molecular weight is 901 g/mol. The number of rotatable bonds is 7. The Balaban J connectivity index is 1.20. The van der Waals surface area contributed by atoms with Crippen LogP contribution in [0.4, 0.5) is 0 Å². The van der Waals surface area contributed by atoms with E-state index < -0.39 is 0 Å². The van der Waals surface area contributed by atoms with E-state index in [4.69, 9.17) is 9.97 Å². The Labute approximate surface area is 407 Å². The van der Waals surface area contributed by atoms with Crippen molar-refractivity contribution in [2.24, 2.45) is 0 Å². The molecule has 0 N–H and O–H groups in total. The molecule has 0 atom stereocenters.